The van der Waals surface area contributed by atoms with Crippen LogP contribution < -0.4 is 9.64 Å². The number of hydrogen-bond donors (Lipinski definition) is 0. The van der Waals surface area contributed by atoms with Crippen molar-refractivity contribution in [2.45, 2.75) is 26.4 Å². The van der Waals surface area contributed by atoms with Crippen LogP contribution in [-0.4, -0.2) is 29.3 Å². The molecule has 6 heteroatoms. The first-order valence-corrected chi connectivity index (χ1v) is 10.0. The fourth-order valence-electron chi connectivity index (χ4n) is 2.92. The van der Waals surface area contributed by atoms with Gasteiger partial charge < -0.3 is 4.74 Å². The van der Waals surface area contributed by atoms with E-state index in [1.165, 1.54) is 16.7 Å². The van der Waals surface area contributed by atoms with Gasteiger partial charge in [0.2, 0.25) is 5.91 Å². The number of hydrogen-bond acceptors (Lipinski definition) is 4. The molecule has 0 saturated heterocycles. The first kappa shape index (κ1) is 19.2. The standard InChI is InChI=1S/C21H22N2O3S/c1-14(2)26-17-11-9-15(10-12-17)13-18-19(24)22-21(27-3)23(20(18)25)16-7-5-4-6-8-16/h4-12,14,18H,13H2,1-3H3/t18-/m1/s1. The predicted molar refractivity (Wildman–Crippen MR) is 109 cm³/mol. The topological polar surface area (TPSA) is 59.0 Å². The number of aliphatic imine (C=N–C) groups is 1. The van der Waals surface area contributed by atoms with Gasteiger partial charge in [0, 0.05) is 0 Å². The van der Waals surface area contributed by atoms with Crippen LogP contribution in [0.25, 0.3) is 0 Å². The van der Waals surface area contributed by atoms with Crippen molar-refractivity contribution in [3.05, 3.63) is 60.2 Å². The minimum absolute atomic E-state index is 0.0936. The Morgan fingerprint density at radius 2 is 1.74 bits per heavy atom. The molecular formula is C21H22N2O3S. The van der Waals surface area contributed by atoms with Crippen LogP contribution in [0.1, 0.15) is 19.4 Å². The van der Waals surface area contributed by atoms with Crippen molar-refractivity contribution in [1.82, 2.24) is 0 Å². The third kappa shape index (κ3) is 4.39. The quantitative estimate of drug-likeness (QED) is 0.736. The van der Waals surface area contributed by atoms with Gasteiger partial charge in [-0.15, -0.1) is 0 Å². The highest BCUT2D eigenvalue weighted by Crippen LogP contribution is 2.27. The molecule has 0 spiro atoms. The highest BCUT2D eigenvalue weighted by molar-refractivity contribution is 8.13. The molecule has 1 aliphatic rings. The average Bonchev–Trinajstić information content (AvgIpc) is 2.66. The van der Waals surface area contributed by atoms with E-state index in [1.54, 1.807) is 0 Å². The van der Waals surface area contributed by atoms with Crippen molar-refractivity contribution >= 4 is 34.4 Å². The number of amides is 2. The zero-order valence-electron chi connectivity index (χ0n) is 15.6. The Bertz CT molecular complexity index is 847. The summed E-state index contributed by atoms with van der Waals surface area (Å²) in [7, 11) is 0. The number of para-hydroxylation sites is 1. The van der Waals surface area contributed by atoms with Gasteiger partial charge in [-0.1, -0.05) is 42.1 Å². The Kier molecular flexibility index (Phi) is 5.96. The molecule has 0 bridgehead atoms. The number of carbonyl (C=O) groups is 2. The molecule has 0 N–H and O–H groups in total. The Morgan fingerprint density at radius 3 is 2.33 bits per heavy atom. The monoisotopic (exact) mass is 382 g/mol. The first-order chi connectivity index (χ1) is 13.0. The number of anilines is 1. The number of ether oxygens (including phenoxy) is 1. The Hall–Kier alpha value is -2.60. The molecule has 1 atom stereocenters. The van der Waals surface area contributed by atoms with Crippen molar-refractivity contribution in [3.63, 3.8) is 0 Å². The number of thioether (sulfide) groups is 1. The molecule has 27 heavy (non-hydrogen) atoms. The lowest BCUT2D eigenvalue weighted by atomic mass is 9.96. The highest BCUT2D eigenvalue weighted by Gasteiger charge is 2.38. The number of amidine groups is 1. The summed E-state index contributed by atoms with van der Waals surface area (Å²) >= 11 is 1.29. The molecule has 0 aromatic heterocycles. The van der Waals surface area contributed by atoms with E-state index >= 15 is 0 Å². The van der Waals surface area contributed by atoms with Crippen LogP contribution in [0.3, 0.4) is 0 Å². The van der Waals surface area contributed by atoms with Crippen molar-refractivity contribution < 1.29 is 14.3 Å². The van der Waals surface area contributed by atoms with Gasteiger partial charge in [0.1, 0.15) is 11.7 Å². The van der Waals surface area contributed by atoms with Gasteiger partial charge >= 0.3 is 0 Å². The fourth-order valence-corrected chi connectivity index (χ4v) is 3.48. The molecule has 5 nitrogen and oxygen atoms in total. The molecule has 2 aromatic carbocycles. The zero-order valence-corrected chi connectivity index (χ0v) is 16.4. The van der Waals surface area contributed by atoms with E-state index in [0.29, 0.717) is 17.3 Å². The summed E-state index contributed by atoms with van der Waals surface area (Å²) in [6.07, 6.45) is 2.22. The second-order valence-electron chi connectivity index (χ2n) is 6.51. The highest BCUT2D eigenvalue weighted by atomic mass is 32.2. The summed E-state index contributed by atoms with van der Waals surface area (Å²) in [6, 6.07) is 16.8. The van der Waals surface area contributed by atoms with E-state index in [0.717, 1.165) is 11.3 Å². The fraction of sp³-hybridized carbons (Fsp3) is 0.286. The Balaban J connectivity index is 1.84. The molecule has 0 aliphatic carbocycles. The molecular weight excluding hydrogens is 360 g/mol. The molecule has 2 amide bonds. The van der Waals surface area contributed by atoms with E-state index in [-0.39, 0.29) is 17.9 Å². The van der Waals surface area contributed by atoms with Gasteiger partial charge in [0.05, 0.1) is 11.8 Å². The summed E-state index contributed by atoms with van der Waals surface area (Å²) in [6.45, 7) is 3.93. The van der Waals surface area contributed by atoms with Gasteiger partial charge in [0.15, 0.2) is 5.17 Å². The van der Waals surface area contributed by atoms with Crippen LogP contribution in [-0.2, 0) is 16.0 Å². The normalized spacial score (nSPS) is 17.3. The maximum absolute atomic E-state index is 13.1. The minimum atomic E-state index is -0.821. The van der Waals surface area contributed by atoms with Crippen molar-refractivity contribution in [2.75, 3.05) is 11.2 Å². The van der Waals surface area contributed by atoms with Crippen LogP contribution >= 0.6 is 11.8 Å². The van der Waals surface area contributed by atoms with Crippen LogP contribution in [0.5, 0.6) is 5.75 Å². The van der Waals surface area contributed by atoms with E-state index < -0.39 is 5.92 Å². The van der Waals surface area contributed by atoms with Gasteiger partial charge in [-0.05, 0) is 56.4 Å². The minimum Gasteiger partial charge on any atom is -0.491 e. The van der Waals surface area contributed by atoms with Crippen molar-refractivity contribution in [2.24, 2.45) is 10.9 Å². The molecule has 1 heterocycles. The summed E-state index contributed by atoms with van der Waals surface area (Å²) in [5.74, 6) is -0.686. The molecule has 0 fully saturated rings. The molecule has 0 unspecified atom stereocenters. The number of carbonyl (C=O) groups excluding carboxylic acids is 2. The summed E-state index contributed by atoms with van der Waals surface area (Å²) in [4.78, 5) is 31.3. The zero-order chi connectivity index (χ0) is 19.4. The number of rotatable bonds is 5. The molecule has 0 radical (unpaired) electrons. The molecule has 3 rings (SSSR count). The van der Waals surface area contributed by atoms with Gasteiger partial charge in [-0.25, -0.2) is 0 Å². The smallest absolute Gasteiger partial charge is 0.261 e. The lowest BCUT2D eigenvalue weighted by molar-refractivity contribution is -0.131. The molecule has 1 aliphatic heterocycles. The average molecular weight is 382 g/mol. The van der Waals surface area contributed by atoms with Crippen LogP contribution in [0.15, 0.2) is 59.6 Å². The summed E-state index contributed by atoms with van der Waals surface area (Å²) in [5, 5.41) is 0.410. The van der Waals surface area contributed by atoms with Gasteiger partial charge in [-0.2, -0.15) is 4.99 Å². The molecule has 0 saturated carbocycles. The molecule has 2 aromatic rings. The SMILES string of the molecule is CSC1=NC(=O)[C@@H](Cc2ccc(OC(C)C)cc2)C(=O)N1c1ccccc1. The second kappa shape index (κ2) is 8.39. The summed E-state index contributed by atoms with van der Waals surface area (Å²) < 4.78 is 5.64. The van der Waals surface area contributed by atoms with Gasteiger partial charge in [0.25, 0.3) is 5.91 Å². The van der Waals surface area contributed by atoms with E-state index in [4.69, 9.17) is 4.74 Å². The Morgan fingerprint density at radius 1 is 1.07 bits per heavy atom. The lowest BCUT2D eigenvalue weighted by Gasteiger charge is -2.30. The maximum atomic E-state index is 13.1. The predicted octanol–water partition coefficient (Wildman–Crippen LogP) is 3.92. The number of benzene rings is 2. The van der Waals surface area contributed by atoms with E-state index in [1.807, 2.05) is 74.7 Å². The second-order valence-corrected chi connectivity index (χ2v) is 7.29. The van der Waals surface area contributed by atoms with Crippen LogP contribution in [0, 0.1) is 5.92 Å². The van der Waals surface area contributed by atoms with E-state index in [9.17, 15) is 9.59 Å². The lowest BCUT2D eigenvalue weighted by Crippen LogP contribution is -2.47. The first-order valence-electron chi connectivity index (χ1n) is 8.80. The molecule has 140 valence electrons. The van der Waals surface area contributed by atoms with Crippen LogP contribution in [0.4, 0.5) is 5.69 Å². The summed E-state index contributed by atoms with van der Waals surface area (Å²) in [5.41, 5.74) is 1.61. The number of nitrogens with zero attached hydrogens (tertiary/aromatic N) is 2. The van der Waals surface area contributed by atoms with Crippen molar-refractivity contribution in [3.8, 4) is 5.75 Å². The maximum Gasteiger partial charge on any atom is 0.261 e. The van der Waals surface area contributed by atoms with Gasteiger partial charge in [-0.3, -0.25) is 14.5 Å². The Labute approximate surface area is 163 Å². The largest absolute Gasteiger partial charge is 0.491 e. The van der Waals surface area contributed by atoms with Crippen LogP contribution in [0.2, 0.25) is 0 Å². The van der Waals surface area contributed by atoms with Crippen molar-refractivity contribution in [1.29, 1.82) is 0 Å². The third-order valence-electron chi connectivity index (χ3n) is 4.15. The van der Waals surface area contributed by atoms with E-state index in [2.05, 4.69) is 4.99 Å². The third-order valence-corrected chi connectivity index (χ3v) is 4.78.